The quantitative estimate of drug-likeness (QED) is 0.685. The minimum absolute atomic E-state index is 0.0768. The van der Waals surface area contributed by atoms with E-state index in [0.29, 0.717) is 36.5 Å². The van der Waals surface area contributed by atoms with E-state index in [2.05, 4.69) is 5.32 Å². The SMILES string of the molecule is CCCOc1cc(OC)ccc1C(=O)NCC(CC)(CC)C(=O)O. The maximum Gasteiger partial charge on any atom is 0.311 e. The summed E-state index contributed by atoms with van der Waals surface area (Å²) < 4.78 is 10.8. The Kier molecular flexibility index (Phi) is 7.55. The molecule has 1 aromatic carbocycles. The van der Waals surface area contributed by atoms with Crippen LogP contribution in [0.2, 0.25) is 0 Å². The van der Waals surface area contributed by atoms with Crippen LogP contribution in [0.4, 0.5) is 0 Å². The maximum atomic E-state index is 12.5. The standard InChI is InChI=1S/C18H27NO5/c1-5-10-24-15-11-13(23-4)8-9-14(15)16(20)19-12-18(6-2,7-3)17(21)22/h8-9,11H,5-7,10,12H2,1-4H3,(H,19,20)(H,21,22). The van der Waals surface area contributed by atoms with Gasteiger partial charge in [-0.2, -0.15) is 0 Å². The van der Waals surface area contributed by atoms with Gasteiger partial charge in [-0.05, 0) is 31.4 Å². The average Bonchev–Trinajstić information content (AvgIpc) is 2.60. The molecule has 0 atom stereocenters. The molecule has 0 aliphatic carbocycles. The Bertz CT molecular complexity index is 567. The predicted octanol–water partition coefficient (Wildman–Crippen LogP) is 3.10. The molecule has 0 saturated carbocycles. The van der Waals surface area contributed by atoms with Crippen LogP contribution < -0.4 is 14.8 Å². The summed E-state index contributed by atoms with van der Waals surface area (Å²) in [5.41, 5.74) is -0.581. The van der Waals surface area contributed by atoms with Crippen molar-refractivity contribution in [2.45, 2.75) is 40.0 Å². The molecular weight excluding hydrogens is 310 g/mol. The first-order chi connectivity index (χ1) is 11.4. The lowest BCUT2D eigenvalue weighted by molar-refractivity contribution is -0.149. The summed E-state index contributed by atoms with van der Waals surface area (Å²) >= 11 is 0. The normalized spacial score (nSPS) is 11.0. The molecule has 0 spiro atoms. The number of nitrogens with one attached hydrogen (secondary N) is 1. The van der Waals surface area contributed by atoms with E-state index in [1.807, 2.05) is 20.8 Å². The van der Waals surface area contributed by atoms with Gasteiger partial charge in [-0.3, -0.25) is 9.59 Å². The zero-order valence-electron chi connectivity index (χ0n) is 14.8. The number of hydrogen-bond acceptors (Lipinski definition) is 4. The third kappa shape index (κ3) is 4.63. The molecule has 134 valence electrons. The fourth-order valence-corrected chi connectivity index (χ4v) is 2.37. The summed E-state index contributed by atoms with van der Waals surface area (Å²) in [5, 5.41) is 12.2. The molecule has 0 aromatic heterocycles. The van der Waals surface area contributed by atoms with E-state index in [1.54, 1.807) is 25.3 Å². The van der Waals surface area contributed by atoms with Crippen molar-refractivity contribution < 1.29 is 24.2 Å². The largest absolute Gasteiger partial charge is 0.497 e. The zero-order chi connectivity index (χ0) is 18.2. The van der Waals surface area contributed by atoms with Crippen molar-refractivity contribution in [3.05, 3.63) is 23.8 Å². The highest BCUT2D eigenvalue weighted by Crippen LogP contribution is 2.28. The molecule has 0 bridgehead atoms. The second kappa shape index (κ2) is 9.15. The Morgan fingerprint density at radius 2 is 1.88 bits per heavy atom. The van der Waals surface area contributed by atoms with Gasteiger partial charge in [0.1, 0.15) is 11.5 Å². The Labute approximate surface area is 143 Å². The van der Waals surface area contributed by atoms with Crippen LogP contribution in [0.1, 0.15) is 50.4 Å². The Hall–Kier alpha value is -2.24. The highest BCUT2D eigenvalue weighted by molar-refractivity contribution is 5.97. The molecule has 0 heterocycles. The van der Waals surface area contributed by atoms with E-state index in [1.165, 1.54) is 0 Å². The van der Waals surface area contributed by atoms with Crippen molar-refractivity contribution in [1.82, 2.24) is 5.32 Å². The Morgan fingerprint density at radius 1 is 1.21 bits per heavy atom. The highest BCUT2D eigenvalue weighted by atomic mass is 16.5. The summed E-state index contributed by atoms with van der Waals surface area (Å²) in [5.74, 6) is -0.219. The van der Waals surface area contributed by atoms with Gasteiger partial charge in [-0.15, -0.1) is 0 Å². The Morgan fingerprint density at radius 3 is 2.38 bits per heavy atom. The van der Waals surface area contributed by atoms with Crippen molar-refractivity contribution >= 4 is 11.9 Å². The first kappa shape index (κ1) is 19.8. The van der Waals surface area contributed by atoms with Crippen molar-refractivity contribution in [3.63, 3.8) is 0 Å². The molecule has 0 saturated heterocycles. The van der Waals surface area contributed by atoms with Crippen molar-refractivity contribution in [2.75, 3.05) is 20.3 Å². The molecule has 1 amide bonds. The molecule has 1 aromatic rings. The van der Waals surface area contributed by atoms with Gasteiger partial charge in [-0.25, -0.2) is 0 Å². The number of methoxy groups -OCH3 is 1. The van der Waals surface area contributed by atoms with Crippen LogP contribution in [0.3, 0.4) is 0 Å². The van der Waals surface area contributed by atoms with E-state index >= 15 is 0 Å². The lowest BCUT2D eigenvalue weighted by atomic mass is 9.82. The van der Waals surface area contributed by atoms with Gasteiger partial charge >= 0.3 is 5.97 Å². The highest BCUT2D eigenvalue weighted by Gasteiger charge is 2.35. The van der Waals surface area contributed by atoms with Gasteiger partial charge in [0.2, 0.25) is 0 Å². The lowest BCUT2D eigenvalue weighted by Gasteiger charge is -2.27. The van der Waals surface area contributed by atoms with Gasteiger partial charge < -0.3 is 19.9 Å². The summed E-state index contributed by atoms with van der Waals surface area (Å²) in [6.07, 6.45) is 1.70. The van der Waals surface area contributed by atoms with Crippen LogP contribution in [0.5, 0.6) is 11.5 Å². The molecule has 6 nitrogen and oxygen atoms in total. The summed E-state index contributed by atoms with van der Waals surface area (Å²) in [4.78, 5) is 24.0. The van der Waals surface area contributed by atoms with Crippen molar-refractivity contribution in [3.8, 4) is 11.5 Å². The van der Waals surface area contributed by atoms with Gasteiger partial charge in [-0.1, -0.05) is 20.8 Å². The van der Waals surface area contributed by atoms with Crippen LogP contribution in [0.25, 0.3) is 0 Å². The van der Waals surface area contributed by atoms with Crippen molar-refractivity contribution in [2.24, 2.45) is 5.41 Å². The number of ether oxygens (including phenoxy) is 2. The number of aliphatic carboxylic acids is 1. The zero-order valence-corrected chi connectivity index (χ0v) is 14.8. The van der Waals surface area contributed by atoms with Crippen LogP contribution in [-0.2, 0) is 4.79 Å². The lowest BCUT2D eigenvalue weighted by Crippen LogP contribution is -2.42. The van der Waals surface area contributed by atoms with Crippen LogP contribution in [-0.4, -0.2) is 37.2 Å². The minimum Gasteiger partial charge on any atom is -0.497 e. The summed E-state index contributed by atoms with van der Waals surface area (Å²) in [6, 6.07) is 4.96. The van der Waals surface area contributed by atoms with Crippen molar-refractivity contribution in [1.29, 1.82) is 0 Å². The summed E-state index contributed by atoms with van der Waals surface area (Å²) in [6.45, 7) is 6.16. The number of amides is 1. The second-order valence-electron chi connectivity index (χ2n) is 5.69. The average molecular weight is 337 g/mol. The molecule has 24 heavy (non-hydrogen) atoms. The van der Waals surface area contributed by atoms with E-state index in [-0.39, 0.29) is 12.5 Å². The number of carbonyl (C=O) groups is 2. The third-order valence-electron chi connectivity index (χ3n) is 4.29. The molecule has 0 aliphatic rings. The number of hydrogen-bond donors (Lipinski definition) is 2. The fraction of sp³-hybridized carbons (Fsp3) is 0.556. The fourth-order valence-electron chi connectivity index (χ4n) is 2.37. The van der Waals surface area contributed by atoms with Gasteiger partial charge in [0.15, 0.2) is 0 Å². The van der Waals surface area contributed by atoms with E-state index in [9.17, 15) is 14.7 Å². The molecule has 1 rings (SSSR count). The van der Waals surface area contributed by atoms with E-state index < -0.39 is 11.4 Å². The first-order valence-electron chi connectivity index (χ1n) is 8.26. The number of carboxylic acids is 1. The van der Waals surface area contributed by atoms with Gasteiger partial charge in [0, 0.05) is 12.6 Å². The van der Waals surface area contributed by atoms with Crippen LogP contribution in [0.15, 0.2) is 18.2 Å². The smallest absolute Gasteiger partial charge is 0.311 e. The third-order valence-corrected chi connectivity index (χ3v) is 4.29. The predicted molar refractivity (Wildman–Crippen MR) is 91.8 cm³/mol. The number of carboxylic acid groups (broad SMARTS) is 1. The minimum atomic E-state index is -0.952. The molecular formula is C18H27NO5. The Balaban J connectivity index is 2.96. The molecule has 0 radical (unpaired) electrons. The molecule has 2 N–H and O–H groups in total. The van der Waals surface area contributed by atoms with E-state index in [0.717, 1.165) is 6.42 Å². The molecule has 6 heteroatoms. The molecule has 0 fully saturated rings. The van der Waals surface area contributed by atoms with Crippen LogP contribution >= 0.6 is 0 Å². The van der Waals surface area contributed by atoms with E-state index in [4.69, 9.17) is 9.47 Å². The summed E-state index contributed by atoms with van der Waals surface area (Å²) in [7, 11) is 1.54. The molecule has 0 aliphatic heterocycles. The monoisotopic (exact) mass is 337 g/mol. The first-order valence-corrected chi connectivity index (χ1v) is 8.26. The van der Waals surface area contributed by atoms with Gasteiger partial charge in [0.25, 0.3) is 5.91 Å². The number of benzene rings is 1. The van der Waals surface area contributed by atoms with Crippen LogP contribution in [0, 0.1) is 5.41 Å². The van der Waals surface area contributed by atoms with Gasteiger partial charge in [0.05, 0.1) is 24.7 Å². The second-order valence-corrected chi connectivity index (χ2v) is 5.69. The number of carbonyl (C=O) groups excluding carboxylic acids is 1. The maximum absolute atomic E-state index is 12.5. The topological polar surface area (TPSA) is 84.9 Å². The molecule has 0 unspecified atom stereocenters. The number of rotatable bonds is 10.